The fourth-order valence-electron chi connectivity index (χ4n) is 2.09. The van der Waals surface area contributed by atoms with Crippen molar-refractivity contribution in [3.8, 4) is 0 Å². The minimum absolute atomic E-state index is 0.0463. The van der Waals surface area contributed by atoms with Gasteiger partial charge in [-0.3, -0.25) is 19.5 Å². The van der Waals surface area contributed by atoms with Crippen LogP contribution in [0.4, 0.5) is 0 Å². The van der Waals surface area contributed by atoms with E-state index in [4.69, 9.17) is 5.11 Å². The second-order valence-electron chi connectivity index (χ2n) is 4.39. The Kier molecular flexibility index (Phi) is 3.88. The van der Waals surface area contributed by atoms with Gasteiger partial charge in [-0.1, -0.05) is 6.07 Å². The van der Waals surface area contributed by atoms with Crippen LogP contribution in [0.25, 0.3) is 0 Å². The Hall–Kier alpha value is -1.95. The van der Waals surface area contributed by atoms with Crippen LogP contribution in [-0.4, -0.2) is 46.0 Å². The van der Waals surface area contributed by atoms with E-state index in [1.807, 2.05) is 17.0 Å². The highest BCUT2D eigenvalue weighted by Crippen LogP contribution is 2.08. The summed E-state index contributed by atoms with van der Waals surface area (Å²) in [5, 5.41) is 11.4. The number of carboxylic acid groups (broad SMARTS) is 1. The molecule has 6 heteroatoms. The van der Waals surface area contributed by atoms with Crippen molar-refractivity contribution < 1.29 is 14.7 Å². The van der Waals surface area contributed by atoms with Gasteiger partial charge in [0.05, 0.1) is 19.0 Å². The molecule has 1 unspecified atom stereocenters. The minimum atomic E-state index is -0.900. The average molecular weight is 249 g/mol. The molecule has 1 atom stereocenters. The molecule has 0 saturated carbocycles. The summed E-state index contributed by atoms with van der Waals surface area (Å²) in [7, 11) is 0. The molecular weight excluding hydrogens is 234 g/mol. The Labute approximate surface area is 105 Å². The maximum absolute atomic E-state index is 11.5. The fourth-order valence-corrected chi connectivity index (χ4v) is 2.09. The number of amides is 1. The van der Waals surface area contributed by atoms with Crippen LogP contribution in [0.3, 0.4) is 0 Å². The number of carboxylic acids is 1. The number of rotatable bonds is 4. The second-order valence-corrected chi connectivity index (χ2v) is 4.39. The molecular formula is C12H15N3O3. The van der Waals surface area contributed by atoms with Crippen molar-refractivity contribution in [3.63, 3.8) is 0 Å². The highest BCUT2D eigenvalue weighted by Gasteiger charge is 2.26. The summed E-state index contributed by atoms with van der Waals surface area (Å²) in [6.45, 7) is 1.45. The van der Waals surface area contributed by atoms with Crippen LogP contribution in [0.2, 0.25) is 0 Å². The molecule has 96 valence electrons. The molecule has 1 aliphatic rings. The summed E-state index contributed by atoms with van der Waals surface area (Å²) in [4.78, 5) is 28.1. The van der Waals surface area contributed by atoms with Crippen LogP contribution in [0, 0.1) is 0 Å². The van der Waals surface area contributed by atoms with Crippen LogP contribution in [0.15, 0.2) is 24.5 Å². The second kappa shape index (κ2) is 5.59. The third-order valence-electron chi connectivity index (χ3n) is 2.76. The molecule has 0 bridgehead atoms. The molecule has 2 rings (SSSR count). The van der Waals surface area contributed by atoms with E-state index in [9.17, 15) is 9.59 Å². The van der Waals surface area contributed by atoms with E-state index < -0.39 is 5.97 Å². The molecule has 1 saturated heterocycles. The van der Waals surface area contributed by atoms with Crippen LogP contribution >= 0.6 is 0 Å². The molecule has 2 N–H and O–H groups in total. The standard InChI is InChI=1S/C12H15N3O3/c16-11-8-15(6-9-2-1-3-13-5-9)7-10(14-11)4-12(17)18/h1-3,5,10H,4,6-8H2,(H,14,16)(H,17,18). The van der Waals surface area contributed by atoms with Crippen molar-refractivity contribution in [1.82, 2.24) is 15.2 Å². The molecule has 0 aromatic carbocycles. The van der Waals surface area contributed by atoms with E-state index in [1.165, 1.54) is 0 Å². The first-order valence-corrected chi connectivity index (χ1v) is 5.76. The van der Waals surface area contributed by atoms with Crippen molar-refractivity contribution in [3.05, 3.63) is 30.1 Å². The summed E-state index contributed by atoms with van der Waals surface area (Å²) < 4.78 is 0. The van der Waals surface area contributed by atoms with Crippen LogP contribution in [0.1, 0.15) is 12.0 Å². The number of hydrogen-bond acceptors (Lipinski definition) is 4. The zero-order chi connectivity index (χ0) is 13.0. The molecule has 1 aromatic heterocycles. The maximum atomic E-state index is 11.5. The van der Waals surface area contributed by atoms with E-state index in [0.717, 1.165) is 5.56 Å². The number of pyridine rings is 1. The quantitative estimate of drug-likeness (QED) is 0.776. The first-order chi connectivity index (χ1) is 8.63. The van der Waals surface area contributed by atoms with Crippen LogP contribution in [0.5, 0.6) is 0 Å². The predicted octanol–water partition coefficient (Wildman–Crippen LogP) is -0.143. The minimum Gasteiger partial charge on any atom is -0.481 e. The van der Waals surface area contributed by atoms with Gasteiger partial charge >= 0.3 is 5.97 Å². The number of nitrogens with zero attached hydrogens (tertiary/aromatic N) is 2. The SMILES string of the molecule is O=C(O)CC1CN(Cc2cccnc2)CC(=O)N1. The summed E-state index contributed by atoms with van der Waals surface area (Å²) in [5.74, 6) is -1.03. The van der Waals surface area contributed by atoms with Gasteiger partial charge in [-0.25, -0.2) is 0 Å². The van der Waals surface area contributed by atoms with Crippen molar-refractivity contribution in [2.75, 3.05) is 13.1 Å². The van der Waals surface area contributed by atoms with Gasteiger partial charge in [0.25, 0.3) is 0 Å². The van der Waals surface area contributed by atoms with Gasteiger partial charge in [0.1, 0.15) is 0 Å². The number of carbonyl (C=O) groups excluding carboxylic acids is 1. The van der Waals surface area contributed by atoms with E-state index in [-0.39, 0.29) is 18.4 Å². The van der Waals surface area contributed by atoms with E-state index in [1.54, 1.807) is 12.4 Å². The Bertz CT molecular complexity index is 433. The average Bonchev–Trinajstić information content (AvgIpc) is 2.28. The van der Waals surface area contributed by atoms with Crippen molar-refractivity contribution in [2.24, 2.45) is 0 Å². The third kappa shape index (κ3) is 3.53. The summed E-state index contributed by atoms with van der Waals surface area (Å²) in [5.41, 5.74) is 1.02. The van der Waals surface area contributed by atoms with Crippen LogP contribution < -0.4 is 5.32 Å². The molecule has 1 aromatic rings. The fraction of sp³-hybridized carbons (Fsp3) is 0.417. The number of nitrogens with one attached hydrogen (secondary N) is 1. The molecule has 2 heterocycles. The number of carbonyl (C=O) groups is 2. The molecule has 1 fully saturated rings. The van der Waals surface area contributed by atoms with Gasteiger partial charge in [-0.05, 0) is 11.6 Å². The molecule has 1 amide bonds. The van der Waals surface area contributed by atoms with Gasteiger partial charge in [0.15, 0.2) is 0 Å². The molecule has 0 spiro atoms. The van der Waals surface area contributed by atoms with E-state index in [0.29, 0.717) is 19.6 Å². The lowest BCUT2D eigenvalue weighted by molar-refractivity contribution is -0.138. The van der Waals surface area contributed by atoms with Gasteiger partial charge in [-0.2, -0.15) is 0 Å². The van der Waals surface area contributed by atoms with Crippen molar-refractivity contribution in [2.45, 2.75) is 19.0 Å². The lowest BCUT2D eigenvalue weighted by Gasteiger charge is -2.32. The zero-order valence-electron chi connectivity index (χ0n) is 9.87. The van der Waals surface area contributed by atoms with Crippen molar-refractivity contribution in [1.29, 1.82) is 0 Å². The summed E-state index contributed by atoms with van der Waals surface area (Å²) in [6.07, 6.45) is 3.40. The number of aromatic nitrogens is 1. The molecule has 18 heavy (non-hydrogen) atoms. The highest BCUT2D eigenvalue weighted by atomic mass is 16.4. The monoisotopic (exact) mass is 249 g/mol. The van der Waals surface area contributed by atoms with Crippen molar-refractivity contribution >= 4 is 11.9 Å². The number of aliphatic carboxylic acids is 1. The number of hydrogen-bond donors (Lipinski definition) is 2. The third-order valence-corrected chi connectivity index (χ3v) is 2.76. The Morgan fingerprint density at radius 3 is 3.11 bits per heavy atom. The smallest absolute Gasteiger partial charge is 0.305 e. The first kappa shape index (κ1) is 12.5. The van der Waals surface area contributed by atoms with Gasteiger partial charge in [0, 0.05) is 25.5 Å². The Balaban J connectivity index is 1.96. The lowest BCUT2D eigenvalue weighted by Crippen LogP contribution is -2.54. The summed E-state index contributed by atoms with van der Waals surface area (Å²) >= 11 is 0. The predicted molar refractivity (Wildman–Crippen MR) is 63.7 cm³/mol. The molecule has 6 nitrogen and oxygen atoms in total. The Morgan fingerprint density at radius 1 is 1.61 bits per heavy atom. The maximum Gasteiger partial charge on any atom is 0.305 e. The molecule has 0 radical (unpaired) electrons. The first-order valence-electron chi connectivity index (χ1n) is 5.76. The normalized spacial score (nSPS) is 20.4. The van der Waals surface area contributed by atoms with Gasteiger partial charge in [0.2, 0.25) is 5.91 Å². The Morgan fingerprint density at radius 2 is 2.44 bits per heavy atom. The lowest BCUT2D eigenvalue weighted by atomic mass is 10.1. The largest absolute Gasteiger partial charge is 0.481 e. The highest BCUT2D eigenvalue weighted by molar-refractivity contribution is 5.80. The number of piperazine rings is 1. The van der Waals surface area contributed by atoms with Gasteiger partial charge in [-0.15, -0.1) is 0 Å². The summed E-state index contributed by atoms with van der Waals surface area (Å²) in [6, 6.07) is 3.46. The van der Waals surface area contributed by atoms with Gasteiger partial charge < -0.3 is 10.4 Å². The zero-order valence-corrected chi connectivity index (χ0v) is 9.87. The van der Waals surface area contributed by atoms with E-state index in [2.05, 4.69) is 10.3 Å². The van der Waals surface area contributed by atoms with Crippen LogP contribution in [-0.2, 0) is 16.1 Å². The molecule has 1 aliphatic heterocycles. The topological polar surface area (TPSA) is 82.5 Å². The molecule has 0 aliphatic carbocycles. The van der Waals surface area contributed by atoms with E-state index >= 15 is 0 Å².